The van der Waals surface area contributed by atoms with Gasteiger partial charge in [0.25, 0.3) is 10.0 Å². The standard InChI is InChI=1S/C39H44BrN3O5S/c1-3-48-35-21-23-36(24-22-35)49(46,47)43(34-19-17-29(2)18-20-34)28-38(44)42(27-31-13-10-14-32(40)25-31)37(26-30-11-6-4-7-12-30)39(45)41-33-15-8-5-9-16-33/h4,6-7,10-14,17-25,33,37H,3,5,8-9,15-16,26-28H2,1-2H3,(H,41,45)/t37-/m0/s1. The quantitative estimate of drug-likeness (QED) is 0.145. The van der Waals surface area contributed by atoms with Crippen molar-refractivity contribution >= 4 is 43.5 Å². The molecule has 0 unspecified atom stereocenters. The molecule has 8 nitrogen and oxygen atoms in total. The van der Waals surface area contributed by atoms with Gasteiger partial charge in [0.1, 0.15) is 18.3 Å². The predicted molar refractivity (Wildman–Crippen MR) is 197 cm³/mol. The summed E-state index contributed by atoms with van der Waals surface area (Å²) >= 11 is 3.54. The lowest BCUT2D eigenvalue weighted by molar-refractivity contribution is -0.140. The van der Waals surface area contributed by atoms with Gasteiger partial charge in [-0.05, 0) is 86.3 Å². The highest BCUT2D eigenvalue weighted by Gasteiger charge is 2.35. The summed E-state index contributed by atoms with van der Waals surface area (Å²) in [4.78, 5) is 30.6. The molecule has 0 heterocycles. The Kier molecular flexibility index (Phi) is 12.5. The van der Waals surface area contributed by atoms with E-state index in [4.69, 9.17) is 4.74 Å². The third-order valence-electron chi connectivity index (χ3n) is 8.79. The summed E-state index contributed by atoms with van der Waals surface area (Å²) in [6.45, 7) is 3.82. The van der Waals surface area contributed by atoms with Crippen molar-refractivity contribution in [1.82, 2.24) is 10.2 Å². The van der Waals surface area contributed by atoms with E-state index in [-0.39, 0.29) is 29.8 Å². The molecule has 10 heteroatoms. The number of halogens is 1. The van der Waals surface area contributed by atoms with E-state index < -0.39 is 28.5 Å². The van der Waals surface area contributed by atoms with E-state index in [0.717, 1.165) is 57.6 Å². The number of ether oxygens (including phenoxy) is 1. The lowest BCUT2D eigenvalue weighted by atomic mass is 9.94. The summed E-state index contributed by atoms with van der Waals surface area (Å²) in [6, 6.07) is 29.6. The maximum Gasteiger partial charge on any atom is 0.264 e. The number of hydrogen-bond donors (Lipinski definition) is 1. The summed E-state index contributed by atoms with van der Waals surface area (Å²) in [7, 11) is -4.21. The minimum Gasteiger partial charge on any atom is -0.494 e. The number of anilines is 1. The second-order valence-corrected chi connectivity index (χ2v) is 15.2. The largest absolute Gasteiger partial charge is 0.494 e. The SMILES string of the molecule is CCOc1ccc(S(=O)(=O)N(CC(=O)N(Cc2cccc(Br)c2)[C@@H](Cc2ccccc2)C(=O)NC2CCCCC2)c2ccc(C)cc2)cc1. The first-order chi connectivity index (χ1) is 23.6. The molecule has 1 atom stereocenters. The van der Waals surface area contributed by atoms with Crippen molar-refractivity contribution in [2.75, 3.05) is 17.5 Å². The van der Waals surface area contributed by atoms with Gasteiger partial charge in [-0.25, -0.2) is 8.42 Å². The van der Waals surface area contributed by atoms with Crippen molar-refractivity contribution in [2.45, 2.75) is 75.9 Å². The van der Waals surface area contributed by atoms with Crippen LogP contribution in [0.4, 0.5) is 5.69 Å². The molecule has 258 valence electrons. The van der Waals surface area contributed by atoms with Crippen LogP contribution in [0.1, 0.15) is 55.7 Å². The molecule has 0 spiro atoms. The minimum atomic E-state index is -4.21. The van der Waals surface area contributed by atoms with Crippen molar-refractivity contribution in [3.8, 4) is 5.75 Å². The van der Waals surface area contributed by atoms with Crippen LogP contribution >= 0.6 is 15.9 Å². The average molecular weight is 747 g/mol. The normalized spacial score (nSPS) is 14.1. The molecular weight excluding hydrogens is 702 g/mol. The Balaban J connectivity index is 1.55. The Labute approximate surface area is 298 Å². The van der Waals surface area contributed by atoms with Gasteiger partial charge in [0.15, 0.2) is 0 Å². The van der Waals surface area contributed by atoms with Crippen LogP contribution in [0.2, 0.25) is 0 Å². The first-order valence-corrected chi connectivity index (χ1v) is 19.1. The number of sulfonamides is 1. The highest BCUT2D eigenvalue weighted by atomic mass is 79.9. The molecule has 0 aliphatic heterocycles. The smallest absolute Gasteiger partial charge is 0.264 e. The van der Waals surface area contributed by atoms with Crippen LogP contribution in [-0.4, -0.2) is 50.4 Å². The molecule has 5 rings (SSSR count). The summed E-state index contributed by atoms with van der Waals surface area (Å²) < 4.78 is 36.2. The lowest BCUT2D eigenvalue weighted by Crippen LogP contribution is -2.55. The fraction of sp³-hybridized carbons (Fsp3) is 0.333. The minimum absolute atomic E-state index is 0.0266. The lowest BCUT2D eigenvalue weighted by Gasteiger charge is -2.35. The molecule has 1 aliphatic rings. The number of aryl methyl sites for hydroxylation is 1. The van der Waals surface area contributed by atoms with Crippen LogP contribution in [0.5, 0.6) is 5.75 Å². The molecule has 0 aromatic heterocycles. The molecule has 4 aromatic rings. The van der Waals surface area contributed by atoms with Crippen LogP contribution < -0.4 is 14.4 Å². The second-order valence-electron chi connectivity index (χ2n) is 12.5. The second kappa shape index (κ2) is 17.0. The predicted octanol–water partition coefficient (Wildman–Crippen LogP) is 7.44. The first kappa shape index (κ1) is 36.1. The summed E-state index contributed by atoms with van der Waals surface area (Å²) in [6.07, 6.45) is 5.30. The third kappa shape index (κ3) is 9.73. The van der Waals surface area contributed by atoms with E-state index in [0.29, 0.717) is 18.0 Å². The van der Waals surface area contributed by atoms with Crippen LogP contribution in [0.25, 0.3) is 0 Å². The van der Waals surface area contributed by atoms with Crippen molar-refractivity contribution in [3.05, 3.63) is 124 Å². The van der Waals surface area contributed by atoms with Gasteiger partial charge in [0.2, 0.25) is 11.8 Å². The van der Waals surface area contributed by atoms with Gasteiger partial charge in [-0.2, -0.15) is 0 Å². The molecule has 4 aromatic carbocycles. The van der Waals surface area contributed by atoms with Gasteiger partial charge >= 0.3 is 0 Å². The summed E-state index contributed by atoms with van der Waals surface area (Å²) in [5.41, 5.74) is 3.01. The van der Waals surface area contributed by atoms with Crippen molar-refractivity contribution in [2.24, 2.45) is 0 Å². The molecule has 1 aliphatic carbocycles. The van der Waals surface area contributed by atoms with Crippen LogP contribution in [0.3, 0.4) is 0 Å². The third-order valence-corrected chi connectivity index (χ3v) is 11.1. The van der Waals surface area contributed by atoms with E-state index in [1.165, 1.54) is 12.1 Å². The zero-order chi connectivity index (χ0) is 34.8. The van der Waals surface area contributed by atoms with Gasteiger partial charge in [-0.15, -0.1) is 0 Å². The van der Waals surface area contributed by atoms with E-state index >= 15 is 0 Å². The number of nitrogens with zero attached hydrogens (tertiary/aromatic N) is 2. The zero-order valence-corrected chi connectivity index (χ0v) is 30.5. The fourth-order valence-electron chi connectivity index (χ4n) is 6.17. The maximum absolute atomic E-state index is 14.7. The molecule has 1 N–H and O–H groups in total. The number of hydrogen-bond acceptors (Lipinski definition) is 5. The number of rotatable bonds is 14. The molecule has 0 radical (unpaired) electrons. The average Bonchev–Trinajstić information content (AvgIpc) is 3.10. The van der Waals surface area contributed by atoms with Gasteiger partial charge in [0.05, 0.1) is 17.2 Å². The van der Waals surface area contributed by atoms with Crippen molar-refractivity contribution in [3.63, 3.8) is 0 Å². The van der Waals surface area contributed by atoms with Gasteiger partial charge in [-0.3, -0.25) is 13.9 Å². The Morgan fingerprint density at radius 1 is 0.878 bits per heavy atom. The number of carbonyl (C=O) groups excluding carboxylic acids is 2. The highest BCUT2D eigenvalue weighted by molar-refractivity contribution is 9.10. The van der Waals surface area contributed by atoms with E-state index in [2.05, 4.69) is 21.2 Å². The van der Waals surface area contributed by atoms with Crippen LogP contribution in [0.15, 0.2) is 112 Å². The molecule has 1 saturated carbocycles. The molecule has 0 saturated heterocycles. The molecule has 2 amide bonds. The molecule has 0 bridgehead atoms. The number of amides is 2. The van der Waals surface area contributed by atoms with Gasteiger partial charge in [0, 0.05) is 23.5 Å². The number of carbonyl (C=O) groups is 2. The van der Waals surface area contributed by atoms with E-state index in [9.17, 15) is 18.0 Å². The topological polar surface area (TPSA) is 96.0 Å². The van der Waals surface area contributed by atoms with Crippen LogP contribution in [0, 0.1) is 6.92 Å². The number of nitrogens with one attached hydrogen (secondary N) is 1. The van der Waals surface area contributed by atoms with Gasteiger partial charge < -0.3 is 15.0 Å². The Bertz CT molecular complexity index is 1790. The van der Waals surface area contributed by atoms with Crippen LogP contribution in [-0.2, 0) is 32.6 Å². The Morgan fingerprint density at radius 2 is 1.55 bits per heavy atom. The molecular formula is C39H44BrN3O5S. The van der Waals surface area contributed by atoms with Gasteiger partial charge in [-0.1, -0.05) is 95.4 Å². The Hall–Kier alpha value is -4.15. The van der Waals surface area contributed by atoms with Crippen molar-refractivity contribution < 1.29 is 22.7 Å². The summed E-state index contributed by atoms with van der Waals surface area (Å²) in [5.74, 6) is -0.183. The fourth-order valence-corrected chi connectivity index (χ4v) is 8.03. The maximum atomic E-state index is 14.7. The zero-order valence-electron chi connectivity index (χ0n) is 28.1. The van der Waals surface area contributed by atoms with E-state index in [1.807, 2.05) is 80.6 Å². The first-order valence-electron chi connectivity index (χ1n) is 16.8. The summed E-state index contributed by atoms with van der Waals surface area (Å²) in [5, 5.41) is 3.25. The Morgan fingerprint density at radius 3 is 2.20 bits per heavy atom. The highest BCUT2D eigenvalue weighted by Crippen LogP contribution is 2.27. The van der Waals surface area contributed by atoms with E-state index in [1.54, 1.807) is 29.2 Å². The molecule has 1 fully saturated rings. The van der Waals surface area contributed by atoms with Crippen molar-refractivity contribution in [1.29, 1.82) is 0 Å². The monoisotopic (exact) mass is 745 g/mol. The molecule has 49 heavy (non-hydrogen) atoms. The number of benzene rings is 4.